The number of carbonyl (C=O) groups excluding carboxylic acids is 2. The maximum Gasteiger partial charge on any atom is 0.251 e. The average molecular weight is 390 g/mol. The lowest BCUT2D eigenvalue weighted by atomic mass is 10.1. The summed E-state index contributed by atoms with van der Waals surface area (Å²) in [5, 5.41) is 3.62. The van der Waals surface area contributed by atoms with Gasteiger partial charge in [0.15, 0.2) is 0 Å². The molecule has 1 aromatic heterocycles. The second-order valence-corrected chi connectivity index (χ2v) is 7.34. The molecule has 0 unspecified atom stereocenters. The summed E-state index contributed by atoms with van der Waals surface area (Å²) in [5.74, 6) is -0.293. The van der Waals surface area contributed by atoms with E-state index in [0.717, 1.165) is 4.88 Å². The van der Waals surface area contributed by atoms with E-state index in [9.17, 15) is 9.59 Å². The first-order valence-corrected chi connectivity index (χ1v) is 9.03. The van der Waals surface area contributed by atoms with E-state index in [2.05, 4.69) is 5.32 Å². The Labute approximate surface area is 159 Å². The number of carbonyl (C=O) groups is 2. The first kappa shape index (κ1) is 17.7. The van der Waals surface area contributed by atoms with Crippen LogP contribution in [0.1, 0.15) is 30.5 Å². The number of amides is 1. The van der Waals surface area contributed by atoms with Gasteiger partial charge in [-0.25, -0.2) is 0 Å². The molecule has 3 nitrogen and oxygen atoms in total. The zero-order chi connectivity index (χ0) is 17.8. The molecule has 3 rings (SSSR count). The van der Waals surface area contributed by atoms with E-state index in [-0.39, 0.29) is 11.7 Å². The lowest BCUT2D eigenvalue weighted by Crippen LogP contribution is -2.22. The van der Waals surface area contributed by atoms with E-state index in [0.29, 0.717) is 32.6 Å². The van der Waals surface area contributed by atoms with Gasteiger partial charge in [-0.2, -0.15) is 0 Å². The highest BCUT2D eigenvalue weighted by Gasteiger charge is 2.13. The molecular weight excluding hydrogens is 377 g/mol. The van der Waals surface area contributed by atoms with Crippen LogP contribution >= 0.6 is 34.5 Å². The normalized spacial score (nSPS) is 10.5. The van der Waals surface area contributed by atoms with Gasteiger partial charge >= 0.3 is 0 Å². The second kappa shape index (κ2) is 7.83. The van der Waals surface area contributed by atoms with Crippen LogP contribution in [-0.4, -0.2) is 11.7 Å². The molecule has 25 heavy (non-hydrogen) atoms. The molecule has 1 amide bonds. The van der Waals surface area contributed by atoms with Crippen LogP contribution in [0.25, 0.3) is 0 Å². The van der Waals surface area contributed by atoms with Crippen LogP contribution in [0.3, 0.4) is 0 Å². The highest BCUT2D eigenvalue weighted by atomic mass is 35.5. The Balaban J connectivity index is 1.66. The molecule has 0 aliphatic rings. The number of thiophene rings is 1. The Morgan fingerprint density at radius 1 is 0.880 bits per heavy atom. The minimum absolute atomic E-state index is 0.0233. The molecule has 0 aliphatic carbocycles. The SMILES string of the molecule is O=C(NCc1ccc(C(=O)c2ccccc2)s1)c1cc(Cl)cc(Cl)c1. The third-order valence-electron chi connectivity index (χ3n) is 3.47. The fraction of sp³-hybridized carbons (Fsp3) is 0.0526. The van der Waals surface area contributed by atoms with Crippen molar-refractivity contribution in [3.05, 3.63) is 91.6 Å². The van der Waals surface area contributed by atoms with Gasteiger partial charge in [-0.1, -0.05) is 53.5 Å². The molecule has 6 heteroatoms. The van der Waals surface area contributed by atoms with Crippen molar-refractivity contribution in [1.82, 2.24) is 5.32 Å². The van der Waals surface area contributed by atoms with Gasteiger partial charge in [0.05, 0.1) is 11.4 Å². The summed E-state index contributed by atoms with van der Waals surface area (Å²) in [6.07, 6.45) is 0. The molecule has 0 spiro atoms. The minimum atomic E-state index is -0.270. The van der Waals surface area contributed by atoms with E-state index in [1.54, 1.807) is 36.4 Å². The lowest BCUT2D eigenvalue weighted by molar-refractivity contribution is 0.0950. The van der Waals surface area contributed by atoms with Crippen LogP contribution in [-0.2, 0) is 6.54 Å². The Morgan fingerprint density at radius 3 is 2.24 bits per heavy atom. The van der Waals surface area contributed by atoms with Crippen LogP contribution in [0.4, 0.5) is 0 Å². The summed E-state index contributed by atoms with van der Waals surface area (Å²) in [6, 6.07) is 17.4. The van der Waals surface area contributed by atoms with Crippen molar-refractivity contribution in [2.24, 2.45) is 0 Å². The van der Waals surface area contributed by atoms with Crippen molar-refractivity contribution < 1.29 is 9.59 Å². The zero-order valence-corrected chi connectivity index (χ0v) is 15.3. The Hall–Kier alpha value is -2.14. The van der Waals surface area contributed by atoms with E-state index in [1.165, 1.54) is 11.3 Å². The number of hydrogen-bond donors (Lipinski definition) is 1. The number of halogens is 2. The number of ketones is 1. The topological polar surface area (TPSA) is 46.2 Å². The smallest absolute Gasteiger partial charge is 0.251 e. The second-order valence-electron chi connectivity index (χ2n) is 5.30. The van der Waals surface area contributed by atoms with Crippen molar-refractivity contribution in [2.75, 3.05) is 0 Å². The van der Waals surface area contributed by atoms with Crippen LogP contribution in [0, 0.1) is 0 Å². The summed E-state index contributed by atoms with van der Waals surface area (Å²) in [4.78, 5) is 26.1. The zero-order valence-electron chi connectivity index (χ0n) is 13.0. The third kappa shape index (κ3) is 4.48. The fourth-order valence-corrected chi connectivity index (χ4v) is 3.72. The van der Waals surface area contributed by atoms with Crippen molar-refractivity contribution in [3.8, 4) is 0 Å². The molecule has 0 saturated heterocycles. The Bertz CT molecular complexity index is 902. The number of rotatable bonds is 5. The Morgan fingerprint density at radius 2 is 1.56 bits per heavy atom. The summed E-state index contributed by atoms with van der Waals surface area (Å²) in [6.45, 7) is 0.329. The van der Waals surface area contributed by atoms with E-state index >= 15 is 0 Å². The van der Waals surface area contributed by atoms with E-state index in [4.69, 9.17) is 23.2 Å². The lowest BCUT2D eigenvalue weighted by Gasteiger charge is -2.05. The van der Waals surface area contributed by atoms with Gasteiger partial charge in [0.1, 0.15) is 0 Å². The standard InChI is InChI=1S/C19H13Cl2NO2S/c20-14-8-13(9-15(21)10-14)19(24)22-11-16-6-7-17(25-16)18(23)12-4-2-1-3-5-12/h1-10H,11H2,(H,22,24). The predicted octanol–water partition coefficient (Wildman–Crippen LogP) is 5.22. The maximum absolute atomic E-state index is 12.4. The number of hydrogen-bond acceptors (Lipinski definition) is 3. The summed E-state index contributed by atoms with van der Waals surface area (Å²) in [5.41, 5.74) is 1.04. The van der Waals surface area contributed by atoms with Gasteiger partial charge in [-0.05, 0) is 30.3 Å². The molecule has 0 bridgehead atoms. The van der Waals surface area contributed by atoms with Gasteiger partial charge in [0, 0.05) is 26.0 Å². The largest absolute Gasteiger partial charge is 0.347 e. The van der Waals surface area contributed by atoms with E-state index in [1.807, 2.05) is 24.3 Å². The van der Waals surface area contributed by atoms with Gasteiger partial charge in [-0.15, -0.1) is 11.3 Å². The molecule has 1 heterocycles. The van der Waals surface area contributed by atoms with Crippen molar-refractivity contribution in [2.45, 2.75) is 6.54 Å². The molecular formula is C19H13Cl2NO2S. The van der Waals surface area contributed by atoms with Gasteiger partial charge in [0.25, 0.3) is 5.91 Å². The van der Waals surface area contributed by atoms with Crippen LogP contribution in [0.2, 0.25) is 10.0 Å². The molecule has 3 aromatic rings. The number of benzene rings is 2. The quantitative estimate of drug-likeness (QED) is 0.608. The minimum Gasteiger partial charge on any atom is -0.347 e. The van der Waals surface area contributed by atoms with Crippen molar-refractivity contribution in [1.29, 1.82) is 0 Å². The summed E-state index contributed by atoms with van der Waals surface area (Å²) >= 11 is 13.2. The highest BCUT2D eigenvalue weighted by Crippen LogP contribution is 2.21. The van der Waals surface area contributed by atoms with Crippen LogP contribution in [0.15, 0.2) is 60.7 Å². The van der Waals surface area contributed by atoms with Gasteiger partial charge in [0.2, 0.25) is 5.78 Å². The third-order valence-corrected chi connectivity index (χ3v) is 4.99. The predicted molar refractivity (Wildman–Crippen MR) is 102 cm³/mol. The fourth-order valence-electron chi connectivity index (χ4n) is 2.28. The molecule has 0 radical (unpaired) electrons. The molecule has 126 valence electrons. The Kier molecular flexibility index (Phi) is 5.53. The molecule has 1 N–H and O–H groups in total. The maximum atomic E-state index is 12.4. The first-order chi connectivity index (χ1) is 12.0. The summed E-state index contributed by atoms with van der Waals surface area (Å²) < 4.78 is 0. The summed E-state index contributed by atoms with van der Waals surface area (Å²) in [7, 11) is 0. The molecule has 0 fully saturated rings. The van der Waals surface area contributed by atoms with Gasteiger partial charge < -0.3 is 5.32 Å². The van der Waals surface area contributed by atoms with Crippen molar-refractivity contribution in [3.63, 3.8) is 0 Å². The molecule has 0 atom stereocenters. The highest BCUT2D eigenvalue weighted by molar-refractivity contribution is 7.14. The monoisotopic (exact) mass is 389 g/mol. The van der Waals surface area contributed by atoms with Crippen molar-refractivity contribution >= 4 is 46.2 Å². The van der Waals surface area contributed by atoms with Gasteiger partial charge in [-0.3, -0.25) is 9.59 Å². The van der Waals surface area contributed by atoms with Crippen LogP contribution in [0.5, 0.6) is 0 Å². The average Bonchev–Trinajstić information content (AvgIpc) is 3.08. The van der Waals surface area contributed by atoms with Crippen LogP contribution < -0.4 is 5.32 Å². The molecule has 0 aliphatic heterocycles. The molecule has 2 aromatic carbocycles. The van der Waals surface area contributed by atoms with E-state index < -0.39 is 0 Å². The first-order valence-electron chi connectivity index (χ1n) is 7.45. The number of nitrogens with one attached hydrogen (secondary N) is 1. The molecule has 0 saturated carbocycles.